The molecular formula is C20H19N5O2. The van der Waals surface area contributed by atoms with Gasteiger partial charge in [-0.1, -0.05) is 18.2 Å². The number of fused-ring (bicyclic) bond motifs is 2. The van der Waals surface area contributed by atoms with E-state index in [1.807, 2.05) is 56.3 Å². The summed E-state index contributed by atoms with van der Waals surface area (Å²) in [5.74, 6) is 1.03. The SMILES string of the molecule is COc1ccc2cc(CNC(=O)c3nc4nc(C)cc(C)n4n3)ccc2c1. The van der Waals surface area contributed by atoms with Crippen LogP contribution in [0.1, 0.15) is 27.6 Å². The Morgan fingerprint density at radius 1 is 1.07 bits per heavy atom. The van der Waals surface area contributed by atoms with Crippen molar-refractivity contribution in [3.8, 4) is 5.75 Å². The van der Waals surface area contributed by atoms with Crippen molar-refractivity contribution in [1.82, 2.24) is 24.9 Å². The van der Waals surface area contributed by atoms with Crippen molar-refractivity contribution in [2.75, 3.05) is 7.11 Å². The number of methoxy groups -OCH3 is 1. The molecule has 4 rings (SSSR count). The minimum Gasteiger partial charge on any atom is -0.497 e. The molecule has 2 aromatic carbocycles. The first-order valence-corrected chi connectivity index (χ1v) is 8.59. The van der Waals surface area contributed by atoms with Crippen molar-refractivity contribution >= 4 is 22.5 Å². The molecule has 0 radical (unpaired) electrons. The normalized spacial score (nSPS) is 11.1. The molecule has 0 fully saturated rings. The topological polar surface area (TPSA) is 81.4 Å². The fourth-order valence-corrected chi connectivity index (χ4v) is 3.03. The molecule has 0 saturated heterocycles. The Kier molecular flexibility index (Phi) is 4.19. The van der Waals surface area contributed by atoms with Crippen molar-refractivity contribution in [2.24, 2.45) is 0 Å². The van der Waals surface area contributed by atoms with Gasteiger partial charge in [-0.15, -0.1) is 5.10 Å². The minimum absolute atomic E-state index is 0.113. The zero-order valence-corrected chi connectivity index (χ0v) is 15.4. The summed E-state index contributed by atoms with van der Waals surface area (Å²) >= 11 is 0. The van der Waals surface area contributed by atoms with Crippen LogP contribution in [0.2, 0.25) is 0 Å². The summed E-state index contributed by atoms with van der Waals surface area (Å²) in [6.07, 6.45) is 0. The molecule has 4 aromatic rings. The molecule has 136 valence electrons. The number of amides is 1. The van der Waals surface area contributed by atoms with Gasteiger partial charge in [-0.05, 0) is 54.4 Å². The van der Waals surface area contributed by atoms with Crippen LogP contribution in [0, 0.1) is 13.8 Å². The van der Waals surface area contributed by atoms with Gasteiger partial charge < -0.3 is 10.1 Å². The number of carbonyl (C=O) groups is 1. The molecule has 0 aliphatic rings. The second kappa shape index (κ2) is 6.68. The van der Waals surface area contributed by atoms with Gasteiger partial charge in [0.2, 0.25) is 5.82 Å². The van der Waals surface area contributed by atoms with Gasteiger partial charge in [-0.25, -0.2) is 9.50 Å². The summed E-state index contributed by atoms with van der Waals surface area (Å²) in [5, 5.41) is 9.29. The number of nitrogens with one attached hydrogen (secondary N) is 1. The molecule has 0 aliphatic carbocycles. The van der Waals surface area contributed by atoms with Crippen molar-refractivity contribution < 1.29 is 9.53 Å². The number of ether oxygens (including phenoxy) is 1. The van der Waals surface area contributed by atoms with Crippen molar-refractivity contribution in [3.05, 3.63) is 65.2 Å². The Bertz CT molecular complexity index is 1170. The van der Waals surface area contributed by atoms with E-state index in [1.54, 1.807) is 11.6 Å². The molecule has 0 bridgehead atoms. The first kappa shape index (κ1) is 17.0. The predicted molar refractivity (Wildman–Crippen MR) is 102 cm³/mol. The van der Waals surface area contributed by atoms with Gasteiger partial charge in [0.25, 0.3) is 11.7 Å². The van der Waals surface area contributed by atoms with Gasteiger partial charge in [0.1, 0.15) is 5.75 Å². The summed E-state index contributed by atoms with van der Waals surface area (Å²) < 4.78 is 6.82. The molecule has 7 nitrogen and oxygen atoms in total. The first-order valence-electron chi connectivity index (χ1n) is 8.59. The lowest BCUT2D eigenvalue weighted by Crippen LogP contribution is -2.24. The first-order chi connectivity index (χ1) is 13.0. The average Bonchev–Trinajstić information content (AvgIpc) is 3.10. The van der Waals surface area contributed by atoms with Crippen LogP contribution in [0.3, 0.4) is 0 Å². The lowest BCUT2D eigenvalue weighted by molar-refractivity contribution is 0.0940. The third-order valence-electron chi connectivity index (χ3n) is 4.39. The van der Waals surface area contributed by atoms with E-state index in [0.717, 1.165) is 33.5 Å². The molecule has 27 heavy (non-hydrogen) atoms. The van der Waals surface area contributed by atoms with Gasteiger partial charge in [0.05, 0.1) is 7.11 Å². The molecule has 0 saturated carbocycles. The van der Waals surface area contributed by atoms with Gasteiger partial charge in [-0.2, -0.15) is 4.98 Å². The largest absolute Gasteiger partial charge is 0.497 e. The van der Waals surface area contributed by atoms with Crippen LogP contribution in [-0.4, -0.2) is 32.6 Å². The molecule has 1 N–H and O–H groups in total. The van der Waals surface area contributed by atoms with Crippen molar-refractivity contribution in [3.63, 3.8) is 0 Å². The summed E-state index contributed by atoms with van der Waals surface area (Å²) in [6, 6.07) is 13.8. The van der Waals surface area contributed by atoms with Crippen LogP contribution < -0.4 is 10.1 Å². The maximum atomic E-state index is 12.4. The number of hydrogen-bond donors (Lipinski definition) is 1. The van der Waals surface area contributed by atoms with E-state index < -0.39 is 0 Å². The molecule has 0 spiro atoms. The molecule has 0 aliphatic heterocycles. The Labute approximate surface area is 156 Å². The number of carbonyl (C=O) groups excluding carboxylic acids is 1. The van der Waals surface area contributed by atoms with E-state index in [2.05, 4.69) is 20.4 Å². The van der Waals surface area contributed by atoms with E-state index in [0.29, 0.717) is 12.3 Å². The summed E-state index contributed by atoms with van der Waals surface area (Å²) in [5.41, 5.74) is 2.72. The fourth-order valence-electron chi connectivity index (χ4n) is 3.03. The second-order valence-electron chi connectivity index (χ2n) is 6.42. The van der Waals surface area contributed by atoms with Gasteiger partial charge in [0.15, 0.2) is 0 Å². The Morgan fingerprint density at radius 2 is 1.85 bits per heavy atom. The molecule has 0 atom stereocenters. The number of nitrogens with zero attached hydrogens (tertiary/aromatic N) is 4. The van der Waals surface area contributed by atoms with Crippen LogP contribution in [0.4, 0.5) is 0 Å². The highest BCUT2D eigenvalue weighted by Crippen LogP contribution is 2.21. The van der Waals surface area contributed by atoms with Crippen LogP contribution in [-0.2, 0) is 6.54 Å². The maximum Gasteiger partial charge on any atom is 0.291 e. The van der Waals surface area contributed by atoms with Crippen LogP contribution in [0.25, 0.3) is 16.6 Å². The lowest BCUT2D eigenvalue weighted by Gasteiger charge is -2.06. The number of hydrogen-bond acceptors (Lipinski definition) is 5. The predicted octanol–water partition coefficient (Wildman–Crippen LogP) is 2.83. The molecule has 7 heteroatoms. The van der Waals surface area contributed by atoms with Crippen LogP contribution in [0.5, 0.6) is 5.75 Å². The smallest absolute Gasteiger partial charge is 0.291 e. The summed E-state index contributed by atoms with van der Waals surface area (Å²) in [6.45, 7) is 4.18. The molecule has 0 unspecified atom stereocenters. The lowest BCUT2D eigenvalue weighted by atomic mass is 10.1. The highest BCUT2D eigenvalue weighted by molar-refractivity contribution is 5.91. The Balaban J connectivity index is 1.52. The standard InChI is InChI=1S/C20H19N5O2/c1-12-8-13(2)25-20(22-12)23-18(24-25)19(26)21-11-14-4-5-16-10-17(27-3)7-6-15(16)9-14/h4-10H,11H2,1-3H3,(H,21,26). The van der Waals surface area contributed by atoms with E-state index >= 15 is 0 Å². The Hall–Kier alpha value is -3.48. The molecule has 2 aromatic heterocycles. The number of rotatable bonds is 4. The molecule has 2 heterocycles. The minimum atomic E-state index is -0.326. The van der Waals surface area contributed by atoms with E-state index in [1.165, 1.54) is 0 Å². The van der Waals surface area contributed by atoms with Crippen molar-refractivity contribution in [1.29, 1.82) is 0 Å². The zero-order chi connectivity index (χ0) is 19.0. The highest BCUT2D eigenvalue weighted by Gasteiger charge is 2.14. The number of benzene rings is 2. The number of aromatic nitrogens is 4. The van der Waals surface area contributed by atoms with Crippen molar-refractivity contribution in [2.45, 2.75) is 20.4 Å². The maximum absolute atomic E-state index is 12.4. The average molecular weight is 361 g/mol. The highest BCUT2D eigenvalue weighted by atomic mass is 16.5. The summed E-state index contributed by atoms with van der Waals surface area (Å²) in [7, 11) is 1.65. The van der Waals surface area contributed by atoms with E-state index in [4.69, 9.17) is 4.74 Å². The van der Waals surface area contributed by atoms with E-state index in [9.17, 15) is 4.79 Å². The van der Waals surface area contributed by atoms with Crippen LogP contribution >= 0.6 is 0 Å². The second-order valence-corrected chi connectivity index (χ2v) is 6.42. The number of aryl methyl sites for hydroxylation is 2. The fraction of sp³-hybridized carbons (Fsp3) is 0.200. The summed E-state index contributed by atoms with van der Waals surface area (Å²) in [4.78, 5) is 21.0. The van der Waals surface area contributed by atoms with Gasteiger partial charge in [-0.3, -0.25) is 4.79 Å². The quantitative estimate of drug-likeness (QED) is 0.604. The monoisotopic (exact) mass is 361 g/mol. The van der Waals surface area contributed by atoms with Gasteiger partial charge in [0, 0.05) is 17.9 Å². The molecular weight excluding hydrogens is 342 g/mol. The Morgan fingerprint density at radius 3 is 2.67 bits per heavy atom. The molecule has 1 amide bonds. The third-order valence-corrected chi connectivity index (χ3v) is 4.39. The van der Waals surface area contributed by atoms with Crippen LogP contribution in [0.15, 0.2) is 42.5 Å². The van der Waals surface area contributed by atoms with Gasteiger partial charge >= 0.3 is 0 Å². The third kappa shape index (κ3) is 3.31. The van der Waals surface area contributed by atoms with E-state index in [-0.39, 0.29) is 11.7 Å². The zero-order valence-electron chi connectivity index (χ0n) is 15.4.